The van der Waals surface area contributed by atoms with Crippen molar-refractivity contribution in [2.45, 2.75) is 0 Å². The average molecular weight is 172 g/mol. The standard InChI is InChI=1S/2Al.Co.Ni. The van der Waals surface area contributed by atoms with Crippen LogP contribution >= 0.6 is 0 Å². The molecule has 0 N–H and O–H groups in total. The molecule has 4 heteroatoms. The summed E-state index contributed by atoms with van der Waals surface area (Å²) in [4.78, 5) is 0. The molecule has 0 aliphatic heterocycles. The third-order valence-electron chi connectivity index (χ3n) is 0. The van der Waals surface area contributed by atoms with Crippen LogP contribution < -0.4 is 0 Å². The van der Waals surface area contributed by atoms with E-state index in [1.54, 1.807) is 0 Å². The van der Waals surface area contributed by atoms with E-state index in [9.17, 15) is 0 Å². The Hall–Kier alpha value is 2.06. The Bertz CT molecular complexity index is 6.00. The fourth-order valence-electron chi connectivity index (χ4n) is 0. The third-order valence-corrected chi connectivity index (χ3v) is 0. The van der Waals surface area contributed by atoms with E-state index in [1.165, 1.54) is 0 Å². The monoisotopic (exact) mass is 171 g/mol. The fourth-order valence-corrected chi connectivity index (χ4v) is 0. The predicted molar refractivity (Wildman–Crippen MR) is 11.5 cm³/mol. The molecular weight excluding hydrogens is 172 g/mol. The van der Waals surface area contributed by atoms with Crippen molar-refractivity contribution in [3.63, 3.8) is 0 Å². The van der Waals surface area contributed by atoms with Crippen LogP contribution in [0.15, 0.2) is 0 Å². The van der Waals surface area contributed by atoms with Crippen LogP contribution in [0.2, 0.25) is 0 Å². The molecule has 0 aromatic carbocycles. The molecule has 0 atom stereocenters. The van der Waals surface area contributed by atoms with Crippen LogP contribution in [0, 0.1) is 0 Å². The molecule has 0 heterocycles. The summed E-state index contributed by atoms with van der Waals surface area (Å²) in [6.45, 7) is 0. The van der Waals surface area contributed by atoms with E-state index in [0.717, 1.165) is 0 Å². The Balaban J connectivity index is 0. The molecular formula is Al2CoNi. The SMILES string of the molecule is [Al].[Al].[Co].[Ni]. The van der Waals surface area contributed by atoms with Gasteiger partial charge < -0.3 is 0 Å². The molecule has 25 valence electrons. The number of hydrogen-bond donors (Lipinski definition) is 0. The first kappa shape index (κ1) is 36.5. The Morgan fingerprint density at radius 2 is 0.750 bits per heavy atom. The van der Waals surface area contributed by atoms with E-state index in [-0.39, 0.29) is 68.0 Å². The minimum absolute atomic E-state index is 0. The summed E-state index contributed by atoms with van der Waals surface area (Å²) in [6, 6.07) is 0. The van der Waals surface area contributed by atoms with Gasteiger partial charge in [0.15, 0.2) is 0 Å². The first-order valence-electron chi connectivity index (χ1n) is 0. The second-order valence-electron chi connectivity index (χ2n) is 0. The van der Waals surface area contributed by atoms with E-state index in [0.29, 0.717) is 0 Å². The smallest absolute Gasteiger partial charge is 0 e. The van der Waals surface area contributed by atoms with Gasteiger partial charge in [0.05, 0.1) is 0 Å². The van der Waals surface area contributed by atoms with Gasteiger partial charge in [-0.3, -0.25) is 0 Å². The summed E-state index contributed by atoms with van der Waals surface area (Å²) in [7, 11) is 0. The first-order valence-corrected chi connectivity index (χ1v) is 0. The second kappa shape index (κ2) is 19.6. The van der Waals surface area contributed by atoms with Gasteiger partial charge in [0, 0.05) is 68.0 Å². The van der Waals surface area contributed by atoms with E-state index in [4.69, 9.17) is 0 Å². The van der Waals surface area contributed by atoms with Crippen LogP contribution in [0.25, 0.3) is 0 Å². The van der Waals surface area contributed by atoms with Crippen molar-refractivity contribution >= 4 is 34.7 Å². The molecule has 0 amide bonds. The molecule has 0 saturated heterocycles. The largest absolute Gasteiger partial charge is 0 e. The van der Waals surface area contributed by atoms with Gasteiger partial charge in [-0.15, -0.1) is 0 Å². The van der Waals surface area contributed by atoms with E-state index in [1.807, 2.05) is 0 Å². The molecule has 0 saturated carbocycles. The second-order valence-corrected chi connectivity index (χ2v) is 0. The summed E-state index contributed by atoms with van der Waals surface area (Å²) in [5.74, 6) is 0. The number of hydrogen-bond acceptors (Lipinski definition) is 0. The van der Waals surface area contributed by atoms with Crippen LogP contribution in [0.5, 0.6) is 0 Å². The quantitative estimate of drug-likeness (QED) is 0.420. The minimum atomic E-state index is 0. The number of rotatable bonds is 0. The normalized spacial score (nSPS) is 0. The van der Waals surface area contributed by atoms with E-state index < -0.39 is 0 Å². The Morgan fingerprint density at radius 1 is 0.750 bits per heavy atom. The van der Waals surface area contributed by atoms with E-state index >= 15 is 0 Å². The summed E-state index contributed by atoms with van der Waals surface area (Å²) in [5.41, 5.74) is 0. The van der Waals surface area contributed by atoms with Gasteiger partial charge in [0.1, 0.15) is 0 Å². The molecule has 0 fully saturated rings. The van der Waals surface area contributed by atoms with Crippen molar-refractivity contribution in [1.82, 2.24) is 0 Å². The molecule has 7 radical (unpaired) electrons. The summed E-state index contributed by atoms with van der Waals surface area (Å²) in [5, 5.41) is 0. The molecule has 0 aliphatic carbocycles. The van der Waals surface area contributed by atoms with Gasteiger partial charge in [-0.25, -0.2) is 0 Å². The van der Waals surface area contributed by atoms with Gasteiger partial charge >= 0.3 is 0 Å². The zero-order valence-electron chi connectivity index (χ0n) is 1.80. The van der Waals surface area contributed by atoms with Crippen molar-refractivity contribution < 1.29 is 33.3 Å². The molecule has 0 spiro atoms. The summed E-state index contributed by atoms with van der Waals surface area (Å²) in [6.07, 6.45) is 0. The van der Waals surface area contributed by atoms with Crippen molar-refractivity contribution in [3.8, 4) is 0 Å². The van der Waals surface area contributed by atoms with Gasteiger partial charge in [0.2, 0.25) is 0 Å². The van der Waals surface area contributed by atoms with Crippen molar-refractivity contribution in [2.24, 2.45) is 0 Å². The van der Waals surface area contributed by atoms with Gasteiger partial charge in [-0.1, -0.05) is 0 Å². The maximum atomic E-state index is 0. The van der Waals surface area contributed by atoms with Crippen molar-refractivity contribution in [3.05, 3.63) is 0 Å². The van der Waals surface area contributed by atoms with Crippen molar-refractivity contribution in [2.75, 3.05) is 0 Å². The van der Waals surface area contributed by atoms with Crippen molar-refractivity contribution in [1.29, 1.82) is 0 Å². The minimum Gasteiger partial charge on any atom is 0 e. The van der Waals surface area contributed by atoms with Crippen LogP contribution in [0.3, 0.4) is 0 Å². The summed E-state index contributed by atoms with van der Waals surface area (Å²) >= 11 is 0. The average Bonchev–Trinajstić information content (AvgIpc) is 0. The van der Waals surface area contributed by atoms with Crippen LogP contribution in [0.4, 0.5) is 0 Å². The molecule has 0 aliphatic rings. The van der Waals surface area contributed by atoms with E-state index in [2.05, 4.69) is 0 Å². The summed E-state index contributed by atoms with van der Waals surface area (Å²) < 4.78 is 0. The zero-order valence-corrected chi connectivity index (χ0v) is 6.14. The maximum Gasteiger partial charge on any atom is 0 e. The molecule has 0 aromatic rings. The molecule has 0 nitrogen and oxygen atoms in total. The van der Waals surface area contributed by atoms with Crippen LogP contribution in [-0.4, -0.2) is 34.7 Å². The predicted octanol–water partition coefficient (Wildman–Crippen LogP) is -0.767. The first-order chi connectivity index (χ1) is 0. The Morgan fingerprint density at radius 3 is 0.750 bits per heavy atom. The fraction of sp³-hybridized carbons (Fsp3) is 0. The molecule has 0 rings (SSSR count). The maximum absolute atomic E-state index is 0. The van der Waals surface area contributed by atoms with Gasteiger partial charge in [-0.05, 0) is 0 Å². The van der Waals surface area contributed by atoms with Gasteiger partial charge in [0.25, 0.3) is 0 Å². The van der Waals surface area contributed by atoms with Crippen LogP contribution in [0.1, 0.15) is 0 Å². The van der Waals surface area contributed by atoms with Gasteiger partial charge in [-0.2, -0.15) is 0 Å². The topological polar surface area (TPSA) is 0 Å². The molecule has 0 aromatic heterocycles. The Kier molecular flexibility index (Phi) is 179. The zero-order chi connectivity index (χ0) is 0. The molecule has 0 bridgehead atoms. The third kappa shape index (κ3) is 8.96. The molecule has 0 unspecified atom stereocenters. The van der Waals surface area contributed by atoms with Crippen LogP contribution in [-0.2, 0) is 33.3 Å². The Labute approximate surface area is 67.5 Å². The molecule has 4 heavy (non-hydrogen) atoms.